The first-order valence-corrected chi connectivity index (χ1v) is 22.1. The molecule has 64 heavy (non-hydrogen) atoms. The Hall–Kier alpha value is -8.41. The van der Waals surface area contributed by atoms with Crippen molar-refractivity contribution < 1.29 is 0 Å². The Bertz CT molecular complexity index is 3870. The van der Waals surface area contributed by atoms with Crippen molar-refractivity contribution in [1.29, 1.82) is 0 Å². The highest BCUT2D eigenvalue weighted by Gasteiger charge is 2.43. The summed E-state index contributed by atoms with van der Waals surface area (Å²) in [7, 11) is 0. The van der Waals surface area contributed by atoms with Gasteiger partial charge in [0.2, 0.25) is 0 Å². The molecule has 1 aliphatic heterocycles. The maximum Gasteiger partial charge on any atom is 0.138 e. The zero-order valence-corrected chi connectivity index (χ0v) is 34.8. The second-order valence-electron chi connectivity index (χ2n) is 17.1. The molecule has 5 heteroatoms. The van der Waals surface area contributed by atoms with Crippen LogP contribution in [0.2, 0.25) is 0 Å². The van der Waals surface area contributed by atoms with Crippen LogP contribution in [-0.2, 0) is 0 Å². The molecule has 12 aromatic rings. The molecule has 2 atom stereocenters. The van der Waals surface area contributed by atoms with Gasteiger partial charge in [-0.3, -0.25) is 4.57 Å². The lowest BCUT2D eigenvalue weighted by atomic mass is 9.84. The lowest BCUT2D eigenvalue weighted by Crippen LogP contribution is -2.24. The van der Waals surface area contributed by atoms with E-state index < -0.39 is 0 Å². The first kappa shape index (κ1) is 35.2. The van der Waals surface area contributed by atoms with Crippen molar-refractivity contribution in [2.75, 3.05) is 4.90 Å². The van der Waals surface area contributed by atoms with Crippen LogP contribution in [0.5, 0.6) is 0 Å². The Labute approximate surface area is 369 Å². The quantitative estimate of drug-likeness (QED) is 0.173. The fraction of sp³-hybridized carbons (Fsp3) is 0.0339. The van der Waals surface area contributed by atoms with Gasteiger partial charge >= 0.3 is 0 Å². The van der Waals surface area contributed by atoms with Crippen LogP contribution in [0, 0.1) is 0 Å². The van der Waals surface area contributed by atoms with E-state index in [0.717, 1.165) is 39.5 Å². The van der Waals surface area contributed by atoms with Gasteiger partial charge in [0, 0.05) is 66.7 Å². The van der Waals surface area contributed by atoms with Gasteiger partial charge in [0.1, 0.15) is 5.82 Å². The zero-order chi connectivity index (χ0) is 41.9. The monoisotopic (exact) mass is 817 g/mol. The first-order valence-electron chi connectivity index (χ1n) is 22.1. The maximum atomic E-state index is 5.29. The van der Waals surface area contributed by atoms with Crippen molar-refractivity contribution in [2.24, 2.45) is 0 Å². The summed E-state index contributed by atoms with van der Waals surface area (Å²) >= 11 is 0. The predicted octanol–water partition coefficient (Wildman–Crippen LogP) is 14.9. The second-order valence-corrected chi connectivity index (χ2v) is 17.1. The van der Waals surface area contributed by atoms with Gasteiger partial charge in [-0.25, -0.2) is 4.98 Å². The number of fused-ring (bicyclic) bond motifs is 14. The molecule has 0 saturated carbocycles. The number of anilines is 2. The summed E-state index contributed by atoms with van der Waals surface area (Å²) in [5.41, 5.74) is 16.6. The van der Waals surface area contributed by atoms with Gasteiger partial charge in [0.25, 0.3) is 0 Å². The van der Waals surface area contributed by atoms with Crippen molar-refractivity contribution >= 4 is 72.0 Å². The van der Waals surface area contributed by atoms with Crippen LogP contribution in [0.1, 0.15) is 28.8 Å². The van der Waals surface area contributed by atoms with E-state index in [9.17, 15) is 0 Å². The predicted molar refractivity (Wildman–Crippen MR) is 265 cm³/mol. The molecule has 0 saturated heterocycles. The Morgan fingerprint density at radius 2 is 1.05 bits per heavy atom. The van der Waals surface area contributed by atoms with Crippen LogP contribution in [0.25, 0.3) is 89.0 Å². The molecule has 2 aliphatic rings. The molecule has 5 nitrogen and oxygen atoms in total. The van der Waals surface area contributed by atoms with Crippen LogP contribution < -0.4 is 4.90 Å². The number of aromatic nitrogens is 4. The van der Waals surface area contributed by atoms with Gasteiger partial charge in [-0.1, -0.05) is 146 Å². The molecule has 5 heterocycles. The zero-order valence-electron chi connectivity index (χ0n) is 34.8. The summed E-state index contributed by atoms with van der Waals surface area (Å²) in [6, 6.07) is 77.2. The largest absolute Gasteiger partial charge is 0.333 e. The topological polar surface area (TPSA) is 30.9 Å². The van der Waals surface area contributed by atoms with Crippen LogP contribution in [0.15, 0.2) is 218 Å². The number of hydrogen-bond acceptors (Lipinski definition) is 2. The van der Waals surface area contributed by atoms with Crippen LogP contribution in [0.4, 0.5) is 11.4 Å². The van der Waals surface area contributed by atoms with Gasteiger partial charge in [0.15, 0.2) is 0 Å². The lowest BCUT2D eigenvalue weighted by molar-refractivity contribution is 0.669. The molecule has 0 radical (unpaired) electrons. The average molecular weight is 818 g/mol. The van der Waals surface area contributed by atoms with Crippen molar-refractivity contribution in [3.05, 3.63) is 235 Å². The van der Waals surface area contributed by atoms with E-state index in [-0.39, 0.29) is 12.0 Å². The SMILES string of the molecule is C1=CC2c3ccccc3N(c3ccccc3)C2c2c1n(-c1cccc(-n3c4ccccc4c4ccc5c(c6ccccc6n5-c5cccc(-c6ccccc6)n5)c43)c1)c1ccccc21. The molecule has 0 amide bonds. The Morgan fingerprint density at radius 1 is 0.422 bits per heavy atom. The number of pyridine rings is 1. The minimum Gasteiger partial charge on any atom is -0.333 e. The van der Waals surface area contributed by atoms with Crippen LogP contribution in [-0.4, -0.2) is 18.7 Å². The highest BCUT2D eigenvalue weighted by atomic mass is 15.2. The first-order chi connectivity index (χ1) is 31.8. The molecule has 1 aliphatic carbocycles. The Kier molecular flexibility index (Phi) is 7.45. The lowest BCUT2D eigenvalue weighted by Gasteiger charge is -2.32. The third-order valence-corrected chi connectivity index (χ3v) is 13.8. The van der Waals surface area contributed by atoms with E-state index in [1.807, 2.05) is 0 Å². The minimum atomic E-state index is 0.111. The summed E-state index contributed by atoms with van der Waals surface area (Å²) in [5.74, 6) is 1.12. The molecule has 300 valence electrons. The summed E-state index contributed by atoms with van der Waals surface area (Å²) < 4.78 is 7.33. The summed E-state index contributed by atoms with van der Waals surface area (Å²) in [6.07, 6.45) is 4.83. The average Bonchev–Trinajstić information content (AvgIpc) is 4.09. The number of hydrogen-bond donors (Lipinski definition) is 0. The highest BCUT2D eigenvalue weighted by molar-refractivity contribution is 6.26. The summed E-state index contributed by atoms with van der Waals surface area (Å²) in [6.45, 7) is 0. The molecular formula is C59H39N5. The molecule has 8 aromatic carbocycles. The molecule has 4 aromatic heterocycles. The summed E-state index contributed by atoms with van der Waals surface area (Å²) in [4.78, 5) is 7.86. The summed E-state index contributed by atoms with van der Waals surface area (Å²) in [5, 5.41) is 6.14. The fourth-order valence-electron chi connectivity index (χ4n) is 11.2. The molecule has 0 N–H and O–H groups in total. The molecular weight excluding hydrogens is 779 g/mol. The van der Waals surface area contributed by atoms with E-state index >= 15 is 0 Å². The molecule has 2 unspecified atom stereocenters. The number of benzene rings is 8. The van der Waals surface area contributed by atoms with E-state index in [0.29, 0.717) is 0 Å². The Morgan fingerprint density at radius 3 is 1.86 bits per heavy atom. The smallest absolute Gasteiger partial charge is 0.138 e. The van der Waals surface area contributed by atoms with Crippen molar-refractivity contribution in [1.82, 2.24) is 18.7 Å². The van der Waals surface area contributed by atoms with Gasteiger partial charge in [-0.15, -0.1) is 0 Å². The van der Waals surface area contributed by atoms with E-state index in [1.165, 1.54) is 71.7 Å². The molecule has 0 spiro atoms. The number of nitrogens with zero attached hydrogens (tertiary/aromatic N) is 5. The number of rotatable bonds is 5. The van der Waals surface area contributed by atoms with Crippen molar-refractivity contribution in [3.63, 3.8) is 0 Å². The minimum absolute atomic E-state index is 0.111. The Balaban J connectivity index is 1.00. The number of para-hydroxylation sites is 5. The van der Waals surface area contributed by atoms with Gasteiger partial charge in [-0.05, 0) is 84.4 Å². The van der Waals surface area contributed by atoms with E-state index in [1.54, 1.807) is 0 Å². The standard InChI is InChI=1S/C59H39N5/c1-3-17-38(18-4-1)48-27-16-32-55(60-48)64-52-31-14-10-26-47(52)57-54(64)36-34-45-43-24-8-12-29-50(43)63(59(45)57)41-22-15-21-40(37-41)61-51-30-13-9-25-46(51)56-53(61)35-33-44-42-23-7-11-28-49(42)62(58(44)56)39-19-5-2-6-20-39/h1-37,44,58H. The maximum absolute atomic E-state index is 5.29. The van der Waals surface area contributed by atoms with Crippen molar-refractivity contribution in [3.8, 4) is 28.5 Å². The van der Waals surface area contributed by atoms with Crippen molar-refractivity contribution in [2.45, 2.75) is 12.0 Å². The third-order valence-electron chi connectivity index (χ3n) is 13.8. The molecule has 14 rings (SSSR count). The van der Waals surface area contributed by atoms with E-state index in [2.05, 4.69) is 243 Å². The van der Waals surface area contributed by atoms with Crippen LogP contribution >= 0.6 is 0 Å². The van der Waals surface area contributed by atoms with Crippen LogP contribution in [0.3, 0.4) is 0 Å². The molecule has 0 fully saturated rings. The third kappa shape index (κ3) is 4.92. The van der Waals surface area contributed by atoms with Gasteiger partial charge in [-0.2, -0.15) is 0 Å². The highest BCUT2D eigenvalue weighted by Crippen LogP contribution is 2.57. The molecule has 0 bridgehead atoms. The fourth-order valence-corrected chi connectivity index (χ4v) is 11.2. The van der Waals surface area contributed by atoms with Gasteiger partial charge in [0.05, 0.1) is 45.0 Å². The van der Waals surface area contributed by atoms with Gasteiger partial charge < -0.3 is 14.0 Å². The van der Waals surface area contributed by atoms with E-state index in [4.69, 9.17) is 4.98 Å². The second kappa shape index (κ2) is 13.5. The normalized spacial score (nSPS) is 15.4.